The van der Waals surface area contributed by atoms with Gasteiger partial charge in [0.25, 0.3) is 0 Å². The van der Waals surface area contributed by atoms with Gasteiger partial charge in [-0.1, -0.05) is 216 Å². The van der Waals surface area contributed by atoms with Crippen LogP contribution in [0.1, 0.15) is 239 Å². The summed E-state index contributed by atoms with van der Waals surface area (Å²) in [7, 11) is 0. The van der Waals surface area contributed by atoms with E-state index in [0.29, 0.717) is 19.3 Å². The maximum Gasteiger partial charge on any atom is 0.306 e. The second kappa shape index (κ2) is 47.8. The Morgan fingerprint density at radius 1 is 0.356 bits per heavy atom. The zero-order chi connectivity index (χ0) is 43.0. The maximum absolute atomic E-state index is 12.7. The Morgan fingerprint density at radius 2 is 0.729 bits per heavy atom. The summed E-state index contributed by atoms with van der Waals surface area (Å²) in [5.41, 5.74) is 0. The molecule has 0 saturated heterocycles. The van der Waals surface area contributed by atoms with Crippen LogP contribution in [0.5, 0.6) is 0 Å². The lowest BCUT2D eigenvalue weighted by molar-refractivity contribution is -0.166. The highest BCUT2D eigenvalue weighted by Crippen LogP contribution is 2.15. The van der Waals surface area contributed by atoms with E-state index in [1.54, 1.807) is 0 Å². The largest absolute Gasteiger partial charge is 0.462 e. The number of hydrogen-bond donors (Lipinski definition) is 0. The predicted octanol–water partition coefficient (Wildman–Crippen LogP) is 16.1. The van der Waals surface area contributed by atoms with Crippen LogP contribution in [0.4, 0.5) is 0 Å². The molecule has 0 fully saturated rings. The molecule has 340 valence electrons. The molecule has 0 aromatic heterocycles. The molecule has 6 heteroatoms. The normalized spacial score (nSPS) is 12.5. The molecule has 0 aromatic carbocycles. The Labute approximate surface area is 364 Å². The van der Waals surface area contributed by atoms with Gasteiger partial charge in [0, 0.05) is 19.3 Å². The van der Waals surface area contributed by atoms with E-state index in [1.165, 1.54) is 109 Å². The average molecular weight is 825 g/mol. The molecule has 0 aliphatic carbocycles. The van der Waals surface area contributed by atoms with Gasteiger partial charge in [0.05, 0.1) is 0 Å². The third-order valence-corrected chi connectivity index (χ3v) is 10.5. The molecule has 0 amide bonds. The lowest BCUT2D eigenvalue weighted by atomic mass is 10.0. The van der Waals surface area contributed by atoms with Crippen LogP contribution < -0.4 is 0 Å². The summed E-state index contributed by atoms with van der Waals surface area (Å²) < 4.78 is 16.7. The topological polar surface area (TPSA) is 78.9 Å². The Hall–Kier alpha value is -2.89. The van der Waals surface area contributed by atoms with E-state index in [-0.39, 0.29) is 31.6 Å². The van der Waals surface area contributed by atoms with Gasteiger partial charge in [-0.05, 0) is 64.2 Å². The number of allylic oxidation sites excluding steroid dienone is 10. The SMILES string of the molecule is CC/C=C\C/C=C\C/C=C\C/C=C\CCC(=O)OC(COC(=O)CCCCCCC/C=C\CCC)COC(=O)CCCCCCCCCCCCCCCCCCCC. The number of esters is 3. The summed E-state index contributed by atoms with van der Waals surface area (Å²) in [4.78, 5) is 37.8. The first-order chi connectivity index (χ1) is 29.0. The fourth-order valence-electron chi connectivity index (χ4n) is 6.81. The summed E-state index contributed by atoms with van der Waals surface area (Å²) in [6.07, 6.45) is 58.0. The molecule has 0 radical (unpaired) electrons. The number of unbranched alkanes of at least 4 members (excludes halogenated alkanes) is 23. The van der Waals surface area contributed by atoms with Crippen LogP contribution in [0, 0.1) is 0 Å². The number of carbonyl (C=O) groups is 3. The highest BCUT2D eigenvalue weighted by molar-refractivity contribution is 5.71. The van der Waals surface area contributed by atoms with Gasteiger partial charge in [-0.15, -0.1) is 0 Å². The van der Waals surface area contributed by atoms with Crippen LogP contribution in [-0.2, 0) is 28.6 Å². The molecular formula is C53H92O6. The first-order valence-corrected chi connectivity index (χ1v) is 24.8. The Kier molecular flexibility index (Phi) is 45.4. The maximum atomic E-state index is 12.7. The highest BCUT2D eigenvalue weighted by atomic mass is 16.6. The van der Waals surface area contributed by atoms with Crippen LogP contribution in [0.15, 0.2) is 60.8 Å². The standard InChI is InChI=1S/C53H92O6/c1-4-7-10-13-16-19-22-24-25-26-27-28-30-31-34-37-40-43-46-52(55)58-49-50(48-57-51(54)45-42-39-36-33-21-18-15-12-9-6-3)59-53(56)47-44-41-38-35-32-29-23-20-17-14-11-8-5-2/h8,11-12,15,17,20,29,32,38,41,50H,4-7,9-10,13-14,16,18-19,21-28,30-31,33-37,39-40,42-49H2,1-3H3/b11-8-,15-12-,20-17-,32-29-,41-38-. The van der Waals surface area contributed by atoms with Gasteiger partial charge in [0.15, 0.2) is 6.10 Å². The third kappa shape index (κ3) is 46.0. The van der Waals surface area contributed by atoms with Crippen molar-refractivity contribution in [3.63, 3.8) is 0 Å². The van der Waals surface area contributed by atoms with Crippen LogP contribution in [-0.4, -0.2) is 37.2 Å². The molecule has 0 rings (SSSR count). The Morgan fingerprint density at radius 3 is 1.17 bits per heavy atom. The van der Waals surface area contributed by atoms with Crippen LogP contribution in [0.3, 0.4) is 0 Å². The minimum Gasteiger partial charge on any atom is -0.462 e. The van der Waals surface area contributed by atoms with E-state index in [2.05, 4.69) is 69.4 Å². The molecule has 0 aliphatic rings. The third-order valence-electron chi connectivity index (χ3n) is 10.5. The number of carbonyl (C=O) groups excluding carboxylic acids is 3. The van der Waals surface area contributed by atoms with Gasteiger partial charge < -0.3 is 14.2 Å². The molecule has 0 aromatic rings. The van der Waals surface area contributed by atoms with Gasteiger partial charge in [0.2, 0.25) is 0 Å². The lowest BCUT2D eigenvalue weighted by Crippen LogP contribution is -2.30. The number of ether oxygens (including phenoxy) is 3. The second-order valence-electron chi connectivity index (χ2n) is 16.3. The van der Waals surface area contributed by atoms with Gasteiger partial charge in [-0.25, -0.2) is 0 Å². The van der Waals surface area contributed by atoms with E-state index in [0.717, 1.165) is 83.5 Å². The molecule has 0 saturated carbocycles. The van der Waals surface area contributed by atoms with Gasteiger partial charge in [-0.3, -0.25) is 14.4 Å². The molecule has 1 unspecified atom stereocenters. The van der Waals surface area contributed by atoms with Crippen molar-refractivity contribution in [1.29, 1.82) is 0 Å². The van der Waals surface area contributed by atoms with Crippen molar-refractivity contribution in [3.8, 4) is 0 Å². The lowest BCUT2D eigenvalue weighted by Gasteiger charge is -2.18. The zero-order valence-corrected chi connectivity index (χ0v) is 38.8. The van der Waals surface area contributed by atoms with Crippen molar-refractivity contribution in [3.05, 3.63) is 60.8 Å². The van der Waals surface area contributed by atoms with Crippen LogP contribution in [0.2, 0.25) is 0 Å². The highest BCUT2D eigenvalue weighted by Gasteiger charge is 2.19. The second-order valence-corrected chi connectivity index (χ2v) is 16.3. The van der Waals surface area contributed by atoms with Crippen molar-refractivity contribution in [2.24, 2.45) is 0 Å². The number of hydrogen-bond acceptors (Lipinski definition) is 6. The minimum absolute atomic E-state index is 0.104. The van der Waals surface area contributed by atoms with E-state index in [9.17, 15) is 14.4 Å². The quantitative estimate of drug-likeness (QED) is 0.0263. The monoisotopic (exact) mass is 825 g/mol. The van der Waals surface area contributed by atoms with Crippen LogP contribution in [0.25, 0.3) is 0 Å². The van der Waals surface area contributed by atoms with Gasteiger partial charge >= 0.3 is 17.9 Å². The zero-order valence-electron chi connectivity index (χ0n) is 38.8. The molecule has 0 N–H and O–H groups in total. The molecule has 6 nitrogen and oxygen atoms in total. The van der Waals surface area contributed by atoms with Crippen molar-refractivity contribution >= 4 is 17.9 Å². The summed E-state index contributed by atoms with van der Waals surface area (Å²) in [6.45, 7) is 6.40. The van der Waals surface area contributed by atoms with E-state index >= 15 is 0 Å². The summed E-state index contributed by atoms with van der Waals surface area (Å²) in [5.74, 6) is -0.995. The molecule has 0 heterocycles. The summed E-state index contributed by atoms with van der Waals surface area (Å²) in [6, 6.07) is 0. The van der Waals surface area contributed by atoms with Gasteiger partial charge in [-0.2, -0.15) is 0 Å². The van der Waals surface area contributed by atoms with Crippen molar-refractivity contribution in [2.75, 3.05) is 13.2 Å². The van der Waals surface area contributed by atoms with Crippen molar-refractivity contribution in [2.45, 2.75) is 245 Å². The predicted molar refractivity (Wildman–Crippen MR) is 251 cm³/mol. The number of rotatable bonds is 44. The Balaban J connectivity index is 4.38. The molecule has 59 heavy (non-hydrogen) atoms. The summed E-state index contributed by atoms with van der Waals surface area (Å²) in [5, 5.41) is 0. The first-order valence-electron chi connectivity index (χ1n) is 24.8. The fourth-order valence-corrected chi connectivity index (χ4v) is 6.81. The van der Waals surface area contributed by atoms with E-state index < -0.39 is 12.1 Å². The molecule has 0 bridgehead atoms. The van der Waals surface area contributed by atoms with Crippen LogP contribution >= 0.6 is 0 Å². The Bertz CT molecular complexity index is 1090. The molecule has 0 spiro atoms. The average Bonchev–Trinajstić information content (AvgIpc) is 3.23. The van der Waals surface area contributed by atoms with Crippen molar-refractivity contribution in [1.82, 2.24) is 0 Å². The van der Waals surface area contributed by atoms with Crippen molar-refractivity contribution < 1.29 is 28.6 Å². The first kappa shape index (κ1) is 56.1. The smallest absolute Gasteiger partial charge is 0.306 e. The fraction of sp³-hybridized carbons (Fsp3) is 0.755. The molecule has 1 atom stereocenters. The minimum atomic E-state index is -0.811. The summed E-state index contributed by atoms with van der Waals surface area (Å²) >= 11 is 0. The van der Waals surface area contributed by atoms with E-state index in [1.807, 2.05) is 12.2 Å². The van der Waals surface area contributed by atoms with E-state index in [4.69, 9.17) is 14.2 Å². The molecular weight excluding hydrogens is 733 g/mol. The van der Waals surface area contributed by atoms with Gasteiger partial charge in [0.1, 0.15) is 13.2 Å². The molecule has 0 aliphatic heterocycles.